The number of nitrogens with zero attached hydrogens (tertiary/aromatic N) is 3. The Bertz CT molecular complexity index is 1560. The van der Waals surface area contributed by atoms with Crippen LogP contribution in [0.4, 0.5) is 14.7 Å². The zero-order valence-electron chi connectivity index (χ0n) is 18.9. The highest BCUT2D eigenvalue weighted by Crippen LogP contribution is 2.42. The monoisotopic (exact) mass is 486 g/mol. The van der Waals surface area contributed by atoms with Gasteiger partial charge in [-0.2, -0.15) is 0 Å². The van der Waals surface area contributed by atoms with E-state index in [4.69, 9.17) is 16.6 Å². The molecule has 174 valence electrons. The van der Waals surface area contributed by atoms with Gasteiger partial charge in [0.15, 0.2) is 11.6 Å². The molecule has 0 fully saturated rings. The molecule has 4 nitrogen and oxygen atoms in total. The molecule has 0 spiro atoms. The second-order valence-electron chi connectivity index (χ2n) is 8.76. The highest BCUT2D eigenvalue weighted by molar-refractivity contribution is 6.31. The smallest absolute Gasteiger partial charge is 0.226 e. The maximum atomic E-state index is 15.4. The molecule has 1 aliphatic rings. The molecule has 0 radical (unpaired) electrons. The molecule has 1 unspecified atom stereocenters. The zero-order chi connectivity index (χ0) is 24.1. The summed E-state index contributed by atoms with van der Waals surface area (Å²) in [5.41, 5.74) is 4.96. The van der Waals surface area contributed by atoms with E-state index in [1.54, 1.807) is 25.3 Å². The fourth-order valence-electron chi connectivity index (χ4n) is 4.93. The molecule has 0 saturated carbocycles. The van der Waals surface area contributed by atoms with Crippen LogP contribution >= 0.6 is 11.6 Å². The van der Waals surface area contributed by atoms with Crippen molar-refractivity contribution in [2.24, 2.45) is 0 Å². The minimum Gasteiger partial charge on any atom is -0.356 e. The van der Waals surface area contributed by atoms with Gasteiger partial charge in [0.1, 0.15) is 6.04 Å². The number of halogens is 3. The topological polar surface area (TPSA) is 44.8 Å². The van der Waals surface area contributed by atoms with Crippen LogP contribution in [0.3, 0.4) is 0 Å². The molecule has 35 heavy (non-hydrogen) atoms. The standard InChI is InChI=1S/C28H21ClF2N4/c1-16-7-9-20(25(31)24(16)30)27-26-19(21-15-18(29)8-10-23(21)33-26)12-14-35(27)28-32-13-11-22(34-28)17-5-3-2-4-6-17/h2-11,13,15,27,33H,12,14H2,1H3. The van der Waals surface area contributed by atoms with Crippen LogP contribution in [0.1, 0.15) is 28.4 Å². The van der Waals surface area contributed by atoms with Crippen LogP contribution in [0.15, 0.2) is 72.9 Å². The first-order valence-electron chi connectivity index (χ1n) is 11.4. The van der Waals surface area contributed by atoms with Gasteiger partial charge in [0.05, 0.1) is 5.69 Å². The van der Waals surface area contributed by atoms with Gasteiger partial charge < -0.3 is 9.88 Å². The lowest BCUT2D eigenvalue weighted by Gasteiger charge is -2.36. The molecular formula is C28H21ClF2N4. The number of hydrogen-bond acceptors (Lipinski definition) is 3. The van der Waals surface area contributed by atoms with Gasteiger partial charge in [0.25, 0.3) is 0 Å². The van der Waals surface area contributed by atoms with Crippen LogP contribution < -0.4 is 4.90 Å². The van der Waals surface area contributed by atoms with Gasteiger partial charge in [-0.15, -0.1) is 0 Å². The van der Waals surface area contributed by atoms with E-state index in [2.05, 4.69) is 9.97 Å². The van der Waals surface area contributed by atoms with E-state index in [0.717, 1.165) is 33.4 Å². The van der Waals surface area contributed by atoms with Crippen LogP contribution in [-0.4, -0.2) is 21.5 Å². The number of anilines is 1. The molecule has 0 saturated heterocycles. The van der Waals surface area contributed by atoms with E-state index in [9.17, 15) is 4.39 Å². The molecule has 5 aromatic rings. The van der Waals surface area contributed by atoms with Crippen LogP contribution in [-0.2, 0) is 6.42 Å². The number of rotatable bonds is 3. The Kier molecular flexibility index (Phi) is 5.26. The van der Waals surface area contributed by atoms with Crippen molar-refractivity contribution in [3.05, 3.63) is 112 Å². The van der Waals surface area contributed by atoms with Gasteiger partial charge in [0, 0.05) is 45.5 Å². The van der Waals surface area contributed by atoms with Crippen molar-refractivity contribution in [2.75, 3.05) is 11.4 Å². The van der Waals surface area contributed by atoms with Gasteiger partial charge >= 0.3 is 0 Å². The normalized spacial score (nSPS) is 15.4. The van der Waals surface area contributed by atoms with Gasteiger partial charge in [-0.05, 0) is 48.7 Å². The largest absolute Gasteiger partial charge is 0.356 e. The van der Waals surface area contributed by atoms with Crippen molar-refractivity contribution >= 4 is 28.5 Å². The first-order valence-corrected chi connectivity index (χ1v) is 11.8. The molecule has 2 aromatic heterocycles. The summed E-state index contributed by atoms with van der Waals surface area (Å²) in [5, 5.41) is 1.62. The molecule has 3 heterocycles. The third kappa shape index (κ3) is 3.65. The highest BCUT2D eigenvalue weighted by Gasteiger charge is 2.36. The first-order chi connectivity index (χ1) is 17.0. The van der Waals surface area contributed by atoms with E-state index in [-0.39, 0.29) is 11.1 Å². The highest BCUT2D eigenvalue weighted by atomic mass is 35.5. The van der Waals surface area contributed by atoms with E-state index >= 15 is 4.39 Å². The van der Waals surface area contributed by atoms with Crippen molar-refractivity contribution in [1.29, 1.82) is 0 Å². The van der Waals surface area contributed by atoms with Crippen molar-refractivity contribution in [3.8, 4) is 11.3 Å². The minimum atomic E-state index is -0.858. The summed E-state index contributed by atoms with van der Waals surface area (Å²) in [6, 6.07) is 19.9. The van der Waals surface area contributed by atoms with Crippen LogP contribution in [0.5, 0.6) is 0 Å². The van der Waals surface area contributed by atoms with Gasteiger partial charge in [-0.25, -0.2) is 18.7 Å². The Morgan fingerprint density at radius 3 is 2.66 bits per heavy atom. The number of hydrogen-bond donors (Lipinski definition) is 1. The number of aromatic amines is 1. The second-order valence-corrected chi connectivity index (χ2v) is 9.20. The van der Waals surface area contributed by atoms with E-state index in [1.165, 1.54) is 0 Å². The minimum absolute atomic E-state index is 0.236. The molecule has 1 atom stereocenters. The summed E-state index contributed by atoms with van der Waals surface area (Å²) < 4.78 is 30.2. The summed E-state index contributed by atoms with van der Waals surface area (Å²) in [6.07, 6.45) is 2.38. The van der Waals surface area contributed by atoms with Crippen molar-refractivity contribution in [1.82, 2.24) is 15.0 Å². The van der Waals surface area contributed by atoms with Crippen LogP contribution in [0.25, 0.3) is 22.2 Å². The van der Waals surface area contributed by atoms with Crippen molar-refractivity contribution < 1.29 is 8.78 Å². The maximum Gasteiger partial charge on any atom is 0.226 e. The van der Waals surface area contributed by atoms with Crippen molar-refractivity contribution in [3.63, 3.8) is 0 Å². The Morgan fingerprint density at radius 2 is 1.83 bits per heavy atom. The second kappa shape index (κ2) is 8.47. The lowest BCUT2D eigenvalue weighted by Crippen LogP contribution is -2.38. The first kappa shape index (κ1) is 21.7. The number of H-pyrrole nitrogens is 1. The number of fused-ring (bicyclic) bond motifs is 3. The molecule has 1 aliphatic heterocycles. The molecule has 0 aliphatic carbocycles. The van der Waals surface area contributed by atoms with Crippen LogP contribution in [0.2, 0.25) is 5.02 Å². The summed E-state index contributed by atoms with van der Waals surface area (Å²) in [6.45, 7) is 2.09. The molecule has 0 amide bonds. The van der Waals surface area contributed by atoms with Gasteiger partial charge in [-0.3, -0.25) is 0 Å². The molecule has 0 bridgehead atoms. The third-order valence-electron chi connectivity index (χ3n) is 6.66. The lowest BCUT2D eigenvalue weighted by molar-refractivity contribution is 0.481. The van der Waals surface area contributed by atoms with Gasteiger partial charge in [0.2, 0.25) is 5.95 Å². The number of aryl methyl sites for hydroxylation is 1. The fraction of sp³-hybridized carbons (Fsp3) is 0.143. The van der Waals surface area contributed by atoms with Crippen LogP contribution in [0, 0.1) is 18.6 Å². The molecule has 6 rings (SSSR count). The Morgan fingerprint density at radius 1 is 1.00 bits per heavy atom. The average Bonchev–Trinajstić information content (AvgIpc) is 3.26. The SMILES string of the molecule is Cc1ccc(C2c3[nH]c4ccc(Cl)cc4c3CCN2c2nccc(-c3ccccc3)n2)c(F)c1F. The number of benzene rings is 3. The summed E-state index contributed by atoms with van der Waals surface area (Å²) >= 11 is 6.28. The lowest BCUT2D eigenvalue weighted by atomic mass is 9.91. The predicted octanol–water partition coefficient (Wildman–Crippen LogP) is 7.02. The molecule has 7 heteroatoms. The summed E-state index contributed by atoms with van der Waals surface area (Å²) in [4.78, 5) is 14.8. The molecular weight excluding hydrogens is 466 g/mol. The zero-order valence-corrected chi connectivity index (χ0v) is 19.7. The summed E-state index contributed by atoms with van der Waals surface area (Å²) in [7, 11) is 0. The number of nitrogens with one attached hydrogen (secondary N) is 1. The Balaban J connectivity index is 1.55. The van der Waals surface area contributed by atoms with Gasteiger partial charge in [-0.1, -0.05) is 54.1 Å². The predicted molar refractivity (Wildman–Crippen MR) is 135 cm³/mol. The fourth-order valence-corrected chi connectivity index (χ4v) is 5.10. The van der Waals surface area contributed by atoms with Crippen molar-refractivity contribution in [2.45, 2.75) is 19.4 Å². The molecule has 1 N–H and O–H groups in total. The maximum absolute atomic E-state index is 15.4. The van der Waals surface area contributed by atoms with E-state index in [1.807, 2.05) is 59.5 Å². The third-order valence-corrected chi connectivity index (χ3v) is 6.89. The van der Waals surface area contributed by atoms with E-state index in [0.29, 0.717) is 23.9 Å². The Hall–Kier alpha value is -3.77. The summed E-state index contributed by atoms with van der Waals surface area (Å²) in [5.74, 6) is -1.24. The molecule has 3 aromatic carbocycles. The average molecular weight is 487 g/mol. The quantitative estimate of drug-likeness (QED) is 0.298. The van der Waals surface area contributed by atoms with E-state index < -0.39 is 17.7 Å². The Labute approximate surface area is 206 Å². The number of aromatic nitrogens is 3.